The van der Waals surface area contributed by atoms with Gasteiger partial charge in [-0.15, -0.1) is 11.3 Å². The molecule has 1 N–H and O–H groups in total. The van der Waals surface area contributed by atoms with E-state index in [0.717, 1.165) is 36.2 Å². The van der Waals surface area contributed by atoms with Crippen LogP contribution in [0.5, 0.6) is 0 Å². The predicted molar refractivity (Wildman–Crippen MR) is 99.2 cm³/mol. The molecule has 0 radical (unpaired) electrons. The number of carbonyl (C=O) groups is 1. The highest BCUT2D eigenvalue weighted by atomic mass is 32.1. The first-order valence-electron chi connectivity index (χ1n) is 9.12. The van der Waals surface area contributed by atoms with Crippen LogP contribution in [0, 0.1) is 5.92 Å². The third kappa shape index (κ3) is 3.25. The number of thiazole rings is 1. The normalized spacial score (nSPS) is 25.0. The molecule has 24 heavy (non-hydrogen) atoms. The molecule has 1 fully saturated rings. The van der Waals surface area contributed by atoms with E-state index in [0.29, 0.717) is 6.04 Å². The van der Waals surface area contributed by atoms with Crippen LogP contribution in [0.25, 0.3) is 10.2 Å². The Hall–Kier alpha value is -1.68. The zero-order valence-electron chi connectivity index (χ0n) is 13.9. The Morgan fingerprint density at radius 1 is 1.08 bits per heavy atom. The van der Waals surface area contributed by atoms with Crippen LogP contribution in [-0.4, -0.2) is 16.9 Å². The van der Waals surface area contributed by atoms with Crippen molar-refractivity contribution in [3.05, 3.63) is 41.4 Å². The van der Waals surface area contributed by atoms with E-state index in [1.807, 2.05) is 6.07 Å². The fraction of sp³-hybridized carbons (Fsp3) is 0.500. The van der Waals surface area contributed by atoms with Gasteiger partial charge in [0.1, 0.15) is 0 Å². The maximum atomic E-state index is 12.9. The Labute approximate surface area is 147 Å². The molecule has 1 heterocycles. The maximum absolute atomic E-state index is 12.9. The number of nitrogens with zero attached hydrogens (tertiary/aromatic N) is 1. The molecule has 1 saturated carbocycles. The van der Waals surface area contributed by atoms with Gasteiger partial charge < -0.3 is 5.32 Å². The molecule has 4 heteroatoms. The second-order valence-corrected chi connectivity index (χ2v) is 8.08. The van der Waals surface area contributed by atoms with Gasteiger partial charge in [-0.3, -0.25) is 4.79 Å². The summed E-state index contributed by atoms with van der Waals surface area (Å²) in [6, 6.07) is 8.64. The third-order valence-corrected chi connectivity index (χ3v) is 6.52. The highest BCUT2D eigenvalue weighted by Gasteiger charge is 2.33. The van der Waals surface area contributed by atoms with Crippen LogP contribution >= 0.6 is 11.3 Å². The van der Waals surface area contributed by atoms with Gasteiger partial charge in [-0.25, -0.2) is 4.98 Å². The van der Waals surface area contributed by atoms with Gasteiger partial charge in [-0.05, 0) is 37.8 Å². The minimum Gasteiger partial charge on any atom is -0.353 e. The van der Waals surface area contributed by atoms with Crippen LogP contribution in [0.4, 0.5) is 0 Å². The molecule has 2 aliphatic carbocycles. The lowest BCUT2D eigenvalue weighted by molar-refractivity contribution is -0.126. The molecule has 0 saturated heterocycles. The standard InChI is InChI=1S/C20H24N2OS/c23-19(21-14-8-2-1-3-9-14)15-10-4-5-11-16(15)20-22-17-12-6-7-13-18(17)24-20/h4-7,12-16H,1-3,8-11H2,(H,21,23)/t15-,16+/m0/s1. The van der Waals surface area contributed by atoms with Crippen molar-refractivity contribution in [2.45, 2.75) is 56.9 Å². The van der Waals surface area contributed by atoms with Gasteiger partial charge in [0.2, 0.25) is 5.91 Å². The molecule has 1 aromatic carbocycles. The fourth-order valence-electron chi connectivity index (χ4n) is 3.98. The molecule has 2 aliphatic rings. The summed E-state index contributed by atoms with van der Waals surface area (Å²) < 4.78 is 1.22. The largest absolute Gasteiger partial charge is 0.353 e. The van der Waals surface area contributed by atoms with Gasteiger partial charge in [-0.1, -0.05) is 43.5 Å². The number of carbonyl (C=O) groups excluding carboxylic acids is 1. The second kappa shape index (κ2) is 7.06. The summed E-state index contributed by atoms with van der Waals surface area (Å²) >= 11 is 1.75. The van der Waals surface area contributed by atoms with Crippen LogP contribution in [-0.2, 0) is 4.79 Å². The predicted octanol–water partition coefficient (Wildman–Crippen LogP) is 4.80. The summed E-state index contributed by atoms with van der Waals surface area (Å²) in [5.74, 6) is 0.476. The number of benzene rings is 1. The first kappa shape index (κ1) is 15.8. The zero-order valence-corrected chi connectivity index (χ0v) is 14.7. The number of rotatable bonds is 3. The smallest absolute Gasteiger partial charge is 0.224 e. The van der Waals surface area contributed by atoms with E-state index in [1.54, 1.807) is 11.3 Å². The highest BCUT2D eigenvalue weighted by Crippen LogP contribution is 2.38. The number of hydrogen-bond acceptors (Lipinski definition) is 3. The summed E-state index contributed by atoms with van der Waals surface area (Å²) in [7, 11) is 0. The number of amides is 1. The fourth-order valence-corrected chi connectivity index (χ4v) is 5.13. The molecule has 0 spiro atoms. The molecule has 126 valence electrons. The minimum atomic E-state index is 0.0255. The molecular formula is C20H24N2OS. The topological polar surface area (TPSA) is 42.0 Å². The van der Waals surface area contributed by atoms with Crippen LogP contribution in [0.2, 0.25) is 0 Å². The van der Waals surface area contributed by atoms with Crippen molar-refractivity contribution in [1.29, 1.82) is 0 Å². The van der Waals surface area contributed by atoms with Gasteiger partial charge in [0.25, 0.3) is 0 Å². The van der Waals surface area contributed by atoms with E-state index in [9.17, 15) is 4.79 Å². The van der Waals surface area contributed by atoms with E-state index >= 15 is 0 Å². The number of fused-ring (bicyclic) bond motifs is 1. The lowest BCUT2D eigenvalue weighted by Gasteiger charge is -2.29. The SMILES string of the molecule is O=C(NC1CCCCC1)[C@H]1CC=CC[C@H]1c1nc2ccccc2s1. The monoisotopic (exact) mass is 340 g/mol. The van der Waals surface area contributed by atoms with E-state index in [-0.39, 0.29) is 17.7 Å². The molecular weight excluding hydrogens is 316 g/mol. The van der Waals surface area contributed by atoms with Gasteiger partial charge in [0.05, 0.1) is 21.1 Å². The van der Waals surface area contributed by atoms with Crippen LogP contribution in [0.15, 0.2) is 36.4 Å². The maximum Gasteiger partial charge on any atom is 0.224 e. The molecule has 1 aromatic heterocycles. The van der Waals surface area contributed by atoms with Crippen molar-refractivity contribution >= 4 is 27.5 Å². The second-order valence-electron chi connectivity index (χ2n) is 7.02. The Morgan fingerprint density at radius 2 is 1.88 bits per heavy atom. The average Bonchev–Trinajstić information content (AvgIpc) is 3.06. The van der Waals surface area contributed by atoms with Crippen molar-refractivity contribution in [3.63, 3.8) is 0 Å². The Bertz CT molecular complexity index is 712. The number of hydrogen-bond donors (Lipinski definition) is 1. The lowest BCUT2D eigenvalue weighted by atomic mass is 9.82. The summed E-state index contributed by atoms with van der Waals surface area (Å²) in [6.07, 6.45) is 12.2. The number of nitrogens with one attached hydrogen (secondary N) is 1. The summed E-state index contributed by atoms with van der Waals surface area (Å²) in [5.41, 5.74) is 1.05. The third-order valence-electron chi connectivity index (χ3n) is 5.35. The number of aromatic nitrogens is 1. The van der Waals surface area contributed by atoms with E-state index < -0.39 is 0 Å². The van der Waals surface area contributed by atoms with Crippen LogP contribution < -0.4 is 5.32 Å². The number of allylic oxidation sites excluding steroid dienone is 2. The van der Waals surface area contributed by atoms with Crippen LogP contribution in [0.1, 0.15) is 55.9 Å². The van der Waals surface area contributed by atoms with Crippen molar-refractivity contribution in [1.82, 2.24) is 10.3 Å². The Morgan fingerprint density at radius 3 is 2.71 bits per heavy atom. The van der Waals surface area contributed by atoms with Crippen molar-refractivity contribution in [2.75, 3.05) is 0 Å². The van der Waals surface area contributed by atoms with Crippen LogP contribution in [0.3, 0.4) is 0 Å². The van der Waals surface area contributed by atoms with Crippen molar-refractivity contribution < 1.29 is 4.79 Å². The summed E-state index contributed by atoms with van der Waals surface area (Å²) in [5, 5.41) is 4.44. The molecule has 0 bridgehead atoms. The van der Waals surface area contributed by atoms with E-state index in [4.69, 9.17) is 4.98 Å². The molecule has 0 unspecified atom stereocenters. The highest BCUT2D eigenvalue weighted by molar-refractivity contribution is 7.18. The molecule has 1 amide bonds. The molecule has 2 atom stereocenters. The Balaban J connectivity index is 1.54. The zero-order chi connectivity index (χ0) is 16.4. The molecule has 3 nitrogen and oxygen atoms in total. The molecule has 0 aliphatic heterocycles. The van der Waals surface area contributed by atoms with E-state index in [2.05, 4.69) is 35.7 Å². The lowest BCUT2D eigenvalue weighted by Crippen LogP contribution is -2.42. The van der Waals surface area contributed by atoms with Gasteiger partial charge >= 0.3 is 0 Å². The van der Waals surface area contributed by atoms with Crippen molar-refractivity contribution in [2.24, 2.45) is 5.92 Å². The minimum absolute atomic E-state index is 0.0255. The van der Waals surface area contributed by atoms with E-state index in [1.165, 1.54) is 24.0 Å². The number of para-hydroxylation sites is 1. The van der Waals surface area contributed by atoms with Crippen molar-refractivity contribution in [3.8, 4) is 0 Å². The van der Waals surface area contributed by atoms with Gasteiger partial charge in [0, 0.05) is 12.0 Å². The molecule has 2 aromatic rings. The quantitative estimate of drug-likeness (QED) is 0.816. The molecule has 4 rings (SSSR count). The first-order valence-corrected chi connectivity index (χ1v) is 9.94. The average molecular weight is 340 g/mol. The van der Waals surface area contributed by atoms with Gasteiger partial charge in [0.15, 0.2) is 0 Å². The first-order chi connectivity index (χ1) is 11.8. The Kier molecular flexibility index (Phi) is 4.65. The summed E-state index contributed by atoms with van der Waals surface area (Å²) in [6.45, 7) is 0. The van der Waals surface area contributed by atoms with Gasteiger partial charge in [-0.2, -0.15) is 0 Å². The summed E-state index contributed by atoms with van der Waals surface area (Å²) in [4.78, 5) is 17.7.